The predicted molar refractivity (Wildman–Crippen MR) is 176 cm³/mol. The summed E-state index contributed by atoms with van der Waals surface area (Å²) in [4.78, 5) is 25.3. The van der Waals surface area contributed by atoms with Crippen molar-refractivity contribution >= 4 is 21.7 Å². The largest absolute Gasteiger partial charge is 0.493 e. The summed E-state index contributed by atoms with van der Waals surface area (Å²) in [7, 11) is -3.11. The Morgan fingerprint density at radius 3 is 2.04 bits per heavy atom. The van der Waals surface area contributed by atoms with Crippen molar-refractivity contribution in [3.8, 4) is 5.75 Å². The van der Waals surface area contributed by atoms with Crippen LogP contribution in [0.25, 0.3) is 0 Å². The van der Waals surface area contributed by atoms with Gasteiger partial charge in [-0.1, -0.05) is 51.1 Å². The van der Waals surface area contributed by atoms with E-state index < -0.39 is 27.7 Å². The molecule has 0 bridgehead atoms. The second-order valence-electron chi connectivity index (χ2n) is 13.0. The molecule has 2 atom stereocenters. The van der Waals surface area contributed by atoms with E-state index in [1.54, 1.807) is 34.1 Å². The van der Waals surface area contributed by atoms with Crippen LogP contribution in [0.3, 0.4) is 0 Å². The maximum atomic E-state index is 14.7. The van der Waals surface area contributed by atoms with Gasteiger partial charge < -0.3 is 9.64 Å². The Labute approximate surface area is 270 Å². The quantitative estimate of drug-likeness (QED) is 0.299. The highest BCUT2D eigenvalue weighted by atomic mass is 32.2. The second-order valence-corrected chi connectivity index (χ2v) is 15.2. The van der Waals surface area contributed by atoms with Gasteiger partial charge in [0.25, 0.3) is 0 Å². The summed E-state index contributed by atoms with van der Waals surface area (Å²) in [6.07, 6.45) is 1.22. The number of piperazine rings is 1. The van der Waals surface area contributed by atoms with Crippen molar-refractivity contribution in [3.63, 3.8) is 0 Å². The van der Waals surface area contributed by atoms with Gasteiger partial charge in [-0.05, 0) is 65.4 Å². The molecule has 11 heteroatoms. The molecule has 0 aliphatic carbocycles. The fraction of sp³-hybridized carbons (Fsp3) is 0.429. The van der Waals surface area contributed by atoms with Gasteiger partial charge in [-0.2, -0.15) is 0 Å². The Morgan fingerprint density at radius 1 is 0.913 bits per heavy atom. The summed E-state index contributed by atoms with van der Waals surface area (Å²) in [6, 6.07) is 16.5. The van der Waals surface area contributed by atoms with Crippen molar-refractivity contribution < 1.29 is 26.7 Å². The molecule has 1 fully saturated rings. The Hall–Kier alpha value is -3.83. The molecule has 2 aliphatic rings. The van der Waals surface area contributed by atoms with Gasteiger partial charge in [0.1, 0.15) is 39.1 Å². The van der Waals surface area contributed by atoms with Gasteiger partial charge in [-0.15, -0.1) is 0 Å². The lowest BCUT2D eigenvalue weighted by molar-refractivity contribution is 0.122. The third-order valence-corrected chi connectivity index (χ3v) is 9.43. The molecule has 5 rings (SSSR count). The fourth-order valence-corrected chi connectivity index (χ4v) is 6.50. The smallest absolute Gasteiger partial charge is 0.326 e. The molecule has 1 saturated heterocycles. The van der Waals surface area contributed by atoms with Crippen LogP contribution in [0.1, 0.15) is 62.0 Å². The standard InChI is InChI=1S/C35H42F2N4O4S/c1-6-45-30-23-26(35(2,3)4)11-16-29(30)33-38-31(24-7-12-27(36)13-8-24)32(25-9-14-28(37)15-10-25)41(33)34(42)40-19-17-39(18-20-40)21-22-46(5,43)44/h7-16,23,31-32H,6,17-22H2,1-5H3/t31-,32+/m0/s1. The molecule has 246 valence electrons. The van der Waals surface area contributed by atoms with Gasteiger partial charge in [-0.25, -0.2) is 22.0 Å². The molecule has 2 amide bonds. The first kappa shape index (κ1) is 33.5. The van der Waals surface area contributed by atoms with E-state index in [0.717, 1.165) is 5.56 Å². The summed E-state index contributed by atoms with van der Waals surface area (Å²) < 4.78 is 57.8. The number of sulfone groups is 1. The van der Waals surface area contributed by atoms with Crippen molar-refractivity contribution in [1.29, 1.82) is 0 Å². The highest BCUT2D eigenvalue weighted by Crippen LogP contribution is 2.45. The molecule has 0 aromatic heterocycles. The number of carbonyl (C=O) groups is 1. The van der Waals surface area contributed by atoms with E-state index in [1.165, 1.54) is 30.5 Å². The van der Waals surface area contributed by atoms with Crippen LogP contribution >= 0.6 is 0 Å². The van der Waals surface area contributed by atoms with Crippen LogP contribution in [0.4, 0.5) is 13.6 Å². The summed E-state index contributed by atoms with van der Waals surface area (Å²) in [5.74, 6) is 0.274. The van der Waals surface area contributed by atoms with Crippen molar-refractivity contribution in [2.24, 2.45) is 4.99 Å². The van der Waals surface area contributed by atoms with E-state index in [1.807, 2.05) is 30.0 Å². The molecule has 3 aromatic rings. The fourth-order valence-electron chi connectivity index (χ4n) is 5.91. The van der Waals surface area contributed by atoms with E-state index in [2.05, 4.69) is 20.8 Å². The van der Waals surface area contributed by atoms with Gasteiger partial charge in [0.05, 0.1) is 24.0 Å². The van der Waals surface area contributed by atoms with Gasteiger partial charge in [0.15, 0.2) is 0 Å². The molecule has 0 saturated carbocycles. The number of benzene rings is 3. The highest BCUT2D eigenvalue weighted by Gasteiger charge is 2.45. The Bertz CT molecular complexity index is 1680. The third kappa shape index (κ3) is 7.58. The first-order valence-corrected chi connectivity index (χ1v) is 17.7. The summed E-state index contributed by atoms with van der Waals surface area (Å²) in [5.41, 5.74) is 2.94. The van der Waals surface area contributed by atoms with Gasteiger partial charge in [-0.3, -0.25) is 14.8 Å². The number of urea groups is 1. The second kappa shape index (κ2) is 13.5. The first-order valence-electron chi connectivity index (χ1n) is 15.6. The number of hydrogen-bond acceptors (Lipinski definition) is 6. The predicted octanol–water partition coefficient (Wildman–Crippen LogP) is 5.99. The highest BCUT2D eigenvalue weighted by molar-refractivity contribution is 7.90. The maximum absolute atomic E-state index is 14.7. The average Bonchev–Trinajstić information content (AvgIpc) is 3.40. The number of hydrogen-bond donors (Lipinski definition) is 0. The molecule has 0 spiro atoms. The lowest BCUT2D eigenvalue weighted by Gasteiger charge is -2.39. The number of amides is 2. The van der Waals surface area contributed by atoms with Crippen molar-refractivity contribution in [1.82, 2.24) is 14.7 Å². The SMILES string of the molecule is CCOc1cc(C(C)(C)C)ccc1C1=N[C@@H](c2ccc(F)cc2)[C@@H](c2ccc(F)cc2)N1C(=O)N1CCN(CCS(C)(=O)=O)CC1. The van der Waals surface area contributed by atoms with Crippen LogP contribution in [-0.4, -0.2) is 86.3 Å². The van der Waals surface area contributed by atoms with Crippen molar-refractivity contribution in [2.75, 3.05) is 51.3 Å². The number of halogens is 2. The Kier molecular flexibility index (Phi) is 9.83. The van der Waals surface area contributed by atoms with Crippen LogP contribution in [0.15, 0.2) is 71.7 Å². The maximum Gasteiger partial charge on any atom is 0.326 e. The molecule has 46 heavy (non-hydrogen) atoms. The summed E-state index contributed by atoms with van der Waals surface area (Å²) in [5, 5.41) is 0. The van der Waals surface area contributed by atoms with E-state index >= 15 is 0 Å². The lowest BCUT2D eigenvalue weighted by atomic mass is 9.86. The number of rotatable bonds is 8. The molecule has 2 aliphatic heterocycles. The van der Waals surface area contributed by atoms with Gasteiger partial charge in [0, 0.05) is 39.0 Å². The first-order chi connectivity index (χ1) is 21.7. The van der Waals surface area contributed by atoms with Gasteiger partial charge >= 0.3 is 6.03 Å². The minimum atomic E-state index is -3.11. The van der Waals surface area contributed by atoms with E-state index in [-0.39, 0.29) is 23.0 Å². The van der Waals surface area contributed by atoms with Crippen LogP contribution < -0.4 is 4.74 Å². The topological polar surface area (TPSA) is 82.5 Å². The van der Waals surface area contributed by atoms with Gasteiger partial charge in [0.2, 0.25) is 0 Å². The lowest BCUT2D eigenvalue weighted by Crippen LogP contribution is -2.54. The van der Waals surface area contributed by atoms with Crippen molar-refractivity contribution in [2.45, 2.75) is 45.2 Å². The molecule has 0 radical (unpaired) electrons. The molecular formula is C35H42F2N4O4S. The molecule has 2 heterocycles. The normalized spacial score (nSPS) is 19.3. The van der Waals surface area contributed by atoms with Crippen LogP contribution in [0.2, 0.25) is 0 Å². The number of ether oxygens (including phenoxy) is 1. The van der Waals surface area contributed by atoms with Crippen LogP contribution in [-0.2, 0) is 15.3 Å². The molecule has 0 N–H and O–H groups in total. The zero-order chi connectivity index (χ0) is 33.2. The van der Waals surface area contributed by atoms with Crippen LogP contribution in [0, 0.1) is 11.6 Å². The average molecular weight is 653 g/mol. The summed E-state index contributed by atoms with van der Waals surface area (Å²) in [6.45, 7) is 10.9. The Balaban J connectivity index is 1.60. The van der Waals surface area contributed by atoms with Crippen molar-refractivity contribution in [3.05, 3.63) is 101 Å². The van der Waals surface area contributed by atoms with E-state index in [4.69, 9.17) is 9.73 Å². The molecule has 3 aromatic carbocycles. The van der Waals surface area contributed by atoms with E-state index in [9.17, 15) is 22.0 Å². The molecule has 8 nitrogen and oxygen atoms in total. The molecule has 0 unspecified atom stereocenters. The minimum absolute atomic E-state index is 0.0562. The number of nitrogens with zero attached hydrogens (tertiary/aromatic N) is 4. The number of amidine groups is 1. The zero-order valence-corrected chi connectivity index (χ0v) is 27.9. The number of aliphatic imine (C=N–C) groups is 1. The van der Waals surface area contributed by atoms with Crippen LogP contribution in [0.5, 0.6) is 5.75 Å². The summed E-state index contributed by atoms with van der Waals surface area (Å²) >= 11 is 0. The number of carbonyl (C=O) groups excluding carboxylic acids is 1. The molecular weight excluding hydrogens is 610 g/mol. The zero-order valence-electron chi connectivity index (χ0n) is 27.0. The minimum Gasteiger partial charge on any atom is -0.493 e. The Morgan fingerprint density at radius 2 is 1.50 bits per heavy atom. The third-order valence-electron chi connectivity index (χ3n) is 8.51. The monoisotopic (exact) mass is 652 g/mol. The van der Waals surface area contributed by atoms with E-state index in [0.29, 0.717) is 67.6 Å².